The van der Waals surface area contributed by atoms with Crippen LogP contribution in [0, 0.1) is 11.8 Å². The molecule has 3 atom stereocenters. The molecule has 1 saturated heterocycles. The minimum atomic E-state index is -0.625. The van der Waals surface area contributed by atoms with Crippen LogP contribution in [0.2, 0.25) is 0 Å². The number of ether oxygens (including phenoxy) is 3. The van der Waals surface area contributed by atoms with Crippen LogP contribution >= 0.6 is 0 Å². The van der Waals surface area contributed by atoms with Crippen molar-refractivity contribution in [3.63, 3.8) is 0 Å². The van der Waals surface area contributed by atoms with Gasteiger partial charge in [0.05, 0.1) is 12.1 Å². The number of methoxy groups -OCH3 is 1. The molecule has 1 amide bonds. The Labute approximate surface area is 225 Å². The molecule has 38 heavy (non-hydrogen) atoms. The number of nitrogens with zero attached hydrogens (tertiary/aromatic N) is 1. The van der Waals surface area contributed by atoms with E-state index in [9.17, 15) is 14.4 Å². The van der Waals surface area contributed by atoms with Crippen LogP contribution in [0.25, 0.3) is 11.0 Å². The number of amides is 1. The van der Waals surface area contributed by atoms with Crippen molar-refractivity contribution in [3.8, 4) is 0 Å². The predicted molar refractivity (Wildman–Crippen MR) is 143 cm³/mol. The van der Waals surface area contributed by atoms with Gasteiger partial charge in [-0.25, -0.2) is 9.59 Å². The third-order valence-electron chi connectivity index (χ3n) is 7.67. The van der Waals surface area contributed by atoms with Gasteiger partial charge in [0.1, 0.15) is 17.8 Å². The molecule has 2 aromatic rings. The standard InChI is InChI=1S/C30H41NO7/c1-19(35-5)18-36-28(33)26-17-22-15-20(11-12-25(22)37-26)16-24(32)27-23(21-9-7-6-8-10-21)13-14-31(27)29(34)38-30(2,3)4/h11-12,15,17,19,21,23,27H,6-10,13-14,16,18H2,1-5H3/t19-,23-,27-/m0/s1. The van der Waals surface area contributed by atoms with Gasteiger partial charge in [0.15, 0.2) is 5.78 Å². The highest BCUT2D eigenvalue weighted by Crippen LogP contribution is 2.40. The van der Waals surface area contributed by atoms with Crippen LogP contribution in [0.4, 0.5) is 4.79 Å². The molecule has 208 valence electrons. The van der Waals surface area contributed by atoms with E-state index in [1.54, 1.807) is 24.1 Å². The Kier molecular flexibility index (Phi) is 8.81. The van der Waals surface area contributed by atoms with E-state index >= 15 is 0 Å². The first-order chi connectivity index (χ1) is 18.1. The largest absolute Gasteiger partial charge is 0.457 e. The molecule has 0 N–H and O–H groups in total. The van der Waals surface area contributed by atoms with Crippen LogP contribution in [-0.2, 0) is 25.4 Å². The first kappa shape index (κ1) is 28.1. The average Bonchev–Trinajstić information content (AvgIpc) is 3.51. The number of furan rings is 1. The Balaban J connectivity index is 1.51. The van der Waals surface area contributed by atoms with Crippen LogP contribution in [-0.4, -0.2) is 60.8 Å². The fraction of sp³-hybridized carbons (Fsp3) is 0.633. The van der Waals surface area contributed by atoms with Crippen LogP contribution in [0.15, 0.2) is 28.7 Å². The number of benzene rings is 1. The molecule has 2 aliphatic rings. The minimum Gasteiger partial charge on any atom is -0.457 e. The second-order valence-electron chi connectivity index (χ2n) is 11.7. The number of ketones is 1. The first-order valence-corrected chi connectivity index (χ1v) is 13.8. The maximum absolute atomic E-state index is 13.8. The number of carbonyl (C=O) groups is 3. The van der Waals surface area contributed by atoms with E-state index < -0.39 is 23.7 Å². The Hall–Kier alpha value is -2.87. The molecular formula is C30H41NO7. The van der Waals surface area contributed by atoms with E-state index in [1.165, 1.54) is 19.3 Å². The van der Waals surface area contributed by atoms with Crippen molar-refractivity contribution >= 4 is 28.8 Å². The molecule has 8 nitrogen and oxygen atoms in total. The summed E-state index contributed by atoms with van der Waals surface area (Å²) in [6.45, 7) is 8.02. The summed E-state index contributed by atoms with van der Waals surface area (Å²) in [5.41, 5.74) is 0.735. The number of carbonyl (C=O) groups excluding carboxylic acids is 3. The number of rotatable bonds is 8. The second kappa shape index (κ2) is 11.9. The highest BCUT2D eigenvalue weighted by molar-refractivity contribution is 5.94. The van der Waals surface area contributed by atoms with Crippen molar-refractivity contribution in [1.29, 1.82) is 0 Å². The molecule has 1 saturated carbocycles. The molecule has 1 aliphatic carbocycles. The minimum absolute atomic E-state index is 0.0277. The van der Waals surface area contributed by atoms with E-state index in [2.05, 4.69) is 0 Å². The normalized spacial score (nSPS) is 21.4. The molecule has 0 unspecified atom stereocenters. The van der Waals surface area contributed by atoms with Crippen molar-refractivity contribution in [2.75, 3.05) is 20.3 Å². The van der Waals surface area contributed by atoms with Gasteiger partial charge in [0, 0.05) is 25.5 Å². The summed E-state index contributed by atoms with van der Waals surface area (Å²) in [6, 6.07) is 6.63. The van der Waals surface area contributed by atoms with Gasteiger partial charge in [0.2, 0.25) is 5.76 Å². The van der Waals surface area contributed by atoms with E-state index in [0.29, 0.717) is 18.0 Å². The van der Waals surface area contributed by atoms with Gasteiger partial charge in [-0.2, -0.15) is 0 Å². The van der Waals surface area contributed by atoms with Crippen molar-refractivity contribution < 1.29 is 33.0 Å². The summed E-state index contributed by atoms with van der Waals surface area (Å²) in [5, 5.41) is 0.723. The van der Waals surface area contributed by atoms with Crippen molar-refractivity contribution in [1.82, 2.24) is 4.90 Å². The Morgan fingerprint density at radius 1 is 1.08 bits per heavy atom. The number of fused-ring (bicyclic) bond motifs is 1. The van der Waals surface area contributed by atoms with E-state index in [0.717, 1.165) is 30.2 Å². The van der Waals surface area contributed by atoms with Crippen LogP contribution < -0.4 is 0 Å². The third kappa shape index (κ3) is 6.76. The zero-order valence-electron chi connectivity index (χ0n) is 23.3. The van der Waals surface area contributed by atoms with Crippen LogP contribution in [0.5, 0.6) is 0 Å². The fourth-order valence-corrected chi connectivity index (χ4v) is 5.75. The van der Waals surface area contributed by atoms with E-state index in [4.69, 9.17) is 18.6 Å². The number of esters is 1. The lowest BCUT2D eigenvalue weighted by Gasteiger charge is -2.34. The first-order valence-electron chi connectivity index (χ1n) is 13.8. The Bertz CT molecular complexity index is 1140. The molecule has 1 aliphatic heterocycles. The van der Waals surface area contributed by atoms with Gasteiger partial charge in [-0.1, -0.05) is 38.2 Å². The summed E-state index contributed by atoms with van der Waals surface area (Å²) in [5.74, 6) is 0.188. The molecule has 4 rings (SSSR count). The SMILES string of the molecule is CO[C@@H](C)COC(=O)c1cc2cc(CC(=O)[C@@H]3[C@H](C4CCCCC4)CCN3C(=O)OC(C)(C)C)ccc2o1. The Morgan fingerprint density at radius 2 is 1.82 bits per heavy atom. The maximum Gasteiger partial charge on any atom is 0.410 e. The summed E-state index contributed by atoms with van der Waals surface area (Å²) in [6.07, 6.45) is 6.22. The molecule has 2 fully saturated rings. The number of likely N-dealkylation sites (tertiary alicyclic amines) is 1. The van der Waals surface area contributed by atoms with Crippen LogP contribution in [0.3, 0.4) is 0 Å². The molecule has 1 aromatic carbocycles. The van der Waals surface area contributed by atoms with Crippen molar-refractivity contribution in [3.05, 3.63) is 35.6 Å². The molecule has 0 radical (unpaired) electrons. The average molecular weight is 528 g/mol. The molecule has 1 aromatic heterocycles. The van der Waals surface area contributed by atoms with E-state index in [1.807, 2.05) is 39.8 Å². The van der Waals surface area contributed by atoms with Gasteiger partial charge in [0.25, 0.3) is 0 Å². The molecule has 8 heteroatoms. The predicted octanol–water partition coefficient (Wildman–Crippen LogP) is 5.94. The topological polar surface area (TPSA) is 95.3 Å². The number of hydrogen-bond acceptors (Lipinski definition) is 7. The lowest BCUT2D eigenvalue weighted by molar-refractivity contribution is -0.124. The lowest BCUT2D eigenvalue weighted by Crippen LogP contribution is -2.47. The molecule has 2 heterocycles. The van der Waals surface area contributed by atoms with E-state index in [-0.39, 0.29) is 36.6 Å². The van der Waals surface area contributed by atoms with Crippen molar-refractivity contribution in [2.45, 2.75) is 90.4 Å². The molecular weight excluding hydrogens is 486 g/mol. The third-order valence-corrected chi connectivity index (χ3v) is 7.67. The maximum atomic E-state index is 13.8. The highest BCUT2D eigenvalue weighted by atomic mass is 16.6. The zero-order valence-corrected chi connectivity index (χ0v) is 23.3. The monoisotopic (exact) mass is 527 g/mol. The van der Waals surface area contributed by atoms with Gasteiger partial charge >= 0.3 is 12.1 Å². The van der Waals surface area contributed by atoms with Gasteiger partial charge < -0.3 is 18.6 Å². The second-order valence-corrected chi connectivity index (χ2v) is 11.7. The number of hydrogen-bond donors (Lipinski definition) is 0. The lowest BCUT2D eigenvalue weighted by atomic mass is 9.75. The van der Waals surface area contributed by atoms with Crippen molar-refractivity contribution in [2.24, 2.45) is 11.8 Å². The molecule has 0 spiro atoms. The van der Waals surface area contributed by atoms with Gasteiger partial charge in [-0.05, 0) is 69.7 Å². The summed E-state index contributed by atoms with van der Waals surface area (Å²) in [4.78, 5) is 41.0. The van der Waals surface area contributed by atoms with Crippen LogP contribution in [0.1, 0.15) is 82.3 Å². The highest BCUT2D eigenvalue weighted by Gasteiger charge is 2.46. The zero-order chi connectivity index (χ0) is 27.4. The smallest absolute Gasteiger partial charge is 0.410 e. The van der Waals surface area contributed by atoms with Gasteiger partial charge in [-0.15, -0.1) is 0 Å². The summed E-state index contributed by atoms with van der Waals surface area (Å²) < 4.78 is 21.7. The Morgan fingerprint density at radius 3 is 2.50 bits per heavy atom. The number of Topliss-reactive ketones (excluding diaryl/α,β-unsaturated/α-hetero) is 1. The summed E-state index contributed by atoms with van der Waals surface area (Å²) in [7, 11) is 1.55. The fourth-order valence-electron chi connectivity index (χ4n) is 5.75. The molecule has 0 bridgehead atoms. The summed E-state index contributed by atoms with van der Waals surface area (Å²) >= 11 is 0. The van der Waals surface area contributed by atoms with Gasteiger partial charge in [-0.3, -0.25) is 9.69 Å². The quantitative estimate of drug-likeness (QED) is 0.392.